The lowest BCUT2D eigenvalue weighted by atomic mass is 10.1. The van der Waals surface area contributed by atoms with Crippen LogP contribution in [0.5, 0.6) is 0 Å². The fourth-order valence-electron chi connectivity index (χ4n) is 3.60. The van der Waals surface area contributed by atoms with Gasteiger partial charge in [-0.05, 0) is 39.8 Å². The van der Waals surface area contributed by atoms with Crippen LogP contribution in [0.1, 0.15) is 31.7 Å². The van der Waals surface area contributed by atoms with Crippen LogP contribution < -0.4 is 9.21 Å². The summed E-state index contributed by atoms with van der Waals surface area (Å²) in [5.41, 5.74) is 1.81. The zero-order valence-electron chi connectivity index (χ0n) is 18.0. The molecule has 0 bridgehead atoms. The number of benzene rings is 1. The molecule has 0 unspecified atom stereocenters. The second-order valence-electron chi connectivity index (χ2n) is 8.05. The monoisotopic (exact) mass is 450 g/mol. The number of aromatic nitrogens is 2. The van der Waals surface area contributed by atoms with Crippen LogP contribution in [0.25, 0.3) is 0 Å². The van der Waals surface area contributed by atoms with Crippen molar-refractivity contribution < 1.29 is 18.0 Å². The molecule has 0 saturated carbocycles. The number of nitrogens with zero attached hydrogens (tertiary/aromatic N) is 4. The number of hydrogen-bond donors (Lipinski definition) is 0. The van der Waals surface area contributed by atoms with Crippen molar-refractivity contribution in [1.82, 2.24) is 9.78 Å². The Bertz CT molecular complexity index is 1120. The summed E-state index contributed by atoms with van der Waals surface area (Å²) < 4.78 is 27.1. The predicted octanol–water partition coefficient (Wildman–Crippen LogP) is 2.64. The third-order valence-electron chi connectivity index (χ3n) is 4.95. The van der Waals surface area contributed by atoms with Crippen LogP contribution in [0.2, 0.25) is 0 Å². The van der Waals surface area contributed by atoms with Crippen molar-refractivity contribution >= 4 is 45.0 Å². The topological polar surface area (TPSA) is 92.6 Å². The molecule has 2 aromatic rings. The first-order valence-corrected chi connectivity index (χ1v) is 12.1. The second kappa shape index (κ2) is 7.73. The standard InChI is InChI=1S/C20H26N4O4S2/c1-13-19(14(2)22(5)21-13)24(30(6,27)28)18(26)12-23-15-9-7-8-10-16(15)29-20(3,4)11-17(23)25/h7-10H,11-12H2,1-6H3. The van der Waals surface area contributed by atoms with E-state index in [0.717, 1.165) is 15.5 Å². The van der Waals surface area contributed by atoms with Crippen LogP contribution in [0.4, 0.5) is 11.4 Å². The summed E-state index contributed by atoms with van der Waals surface area (Å²) in [6.45, 7) is 6.92. The molecule has 10 heteroatoms. The number of sulfonamides is 1. The number of anilines is 2. The normalized spacial score (nSPS) is 16.2. The summed E-state index contributed by atoms with van der Waals surface area (Å²) in [6.07, 6.45) is 1.21. The Morgan fingerprint density at radius 1 is 1.27 bits per heavy atom. The van der Waals surface area contributed by atoms with Gasteiger partial charge in [0.1, 0.15) is 12.2 Å². The van der Waals surface area contributed by atoms with Gasteiger partial charge in [0.15, 0.2) is 0 Å². The lowest BCUT2D eigenvalue weighted by Crippen LogP contribution is -2.46. The van der Waals surface area contributed by atoms with E-state index in [2.05, 4.69) is 5.10 Å². The molecule has 2 heterocycles. The van der Waals surface area contributed by atoms with Crippen LogP contribution in [-0.4, -0.2) is 47.6 Å². The van der Waals surface area contributed by atoms with E-state index in [1.807, 2.05) is 26.0 Å². The number of para-hydroxylation sites is 1. The minimum Gasteiger partial charge on any atom is -0.302 e. The highest BCUT2D eigenvalue weighted by molar-refractivity contribution is 8.00. The van der Waals surface area contributed by atoms with Gasteiger partial charge in [-0.3, -0.25) is 14.3 Å². The number of rotatable bonds is 4. The molecule has 30 heavy (non-hydrogen) atoms. The van der Waals surface area contributed by atoms with E-state index in [0.29, 0.717) is 17.1 Å². The summed E-state index contributed by atoms with van der Waals surface area (Å²) in [4.78, 5) is 28.6. The Hall–Kier alpha value is -2.33. The maximum atomic E-state index is 13.3. The summed E-state index contributed by atoms with van der Waals surface area (Å²) in [5, 5.41) is 4.23. The van der Waals surface area contributed by atoms with Crippen molar-refractivity contribution in [3.8, 4) is 0 Å². The molecule has 1 aliphatic heterocycles. The van der Waals surface area contributed by atoms with Gasteiger partial charge in [-0.1, -0.05) is 12.1 Å². The molecule has 0 atom stereocenters. The van der Waals surface area contributed by atoms with Gasteiger partial charge in [0.05, 0.1) is 23.3 Å². The lowest BCUT2D eigenvalue weighted by Gasteiger charge is -2.27. The number of amides is 2. The minimum absolute atomic E-state index is 0.223. The minimum atomic E-state index is -3.94. The predicted molar refractivity (Wildman–Crippen MR) is 118 cm³/mol. The summed E-state index contributed by atoms with van der Waals surface area (Å²) in [5.74, 6) is -0.927. The van der Waals surface area contributed by atoms with Crippen molar-refractivity contribution in [2.45, 2.75) is 43.8 Å². The number of hydrogen-bond acceptors (Lipinski definition) is 6. The fourth-order valence-corrected chi connectivity index (χ4v) is 5.84. The van der Waals surface area contributed by atoms with E-state index in [9.17, 15) is 18.0 Å². The molecule has 1 aliphatic rings. The van der Waals surface area contributed by atoms with Crippen molar-refractivity contribution in [3.63, 3.8) is 0 Å². The number of carbonyl (C=O) groups is 2. The summed E-state index contributed by atoms with van der Waals surface area (Å²) >= 11 is 1.57. The van der Waals surface area contributed by atoms with Crippen LogP contribution in [0, 0.1) is 13.8 Å². The number of fused-ring (bicyclic) bond motifs is 1. The molecule has 0 fully saturated rings. The molecule has 0 saturated heterocycles. The molecule has 2 amide bonds. The van der Waals surface area contributed by atoms with Gasteiger partial charge in [0.2, 0.25) is 15.9 Å². The van der Waals surface area contributed by atoms with E-state index >= 15 is 0 Å². The van der Waals surface area contributed by atoms with E-state index in [-0.39, 0.29) is 29.3 Å². The molecule has 3 rings (SSSR count). The first-order valence-electron chi connectivity index (χ1n) is 9.43. The van der Waals surface area contributed by atoms with Crippen molar-refractivity contribution in [3.05, 3.63) is 35.7 Å². The Morgan fingerprint density at radius 3 is 2.47 bits per heavy atom. The van der Waals surface area contributed by atoms with Gasteiger partial charge in [-0.2, -0.15) is 5.10 Å². The van der Waals surface area contributed by atoms with Gasteiger partial charge in [-0.25, -0.2) is 12.7 Å². The van der Waals surface area contributed by atoms with Gasteiger partial charge in [0.25, 0.3) is 5.91 Å². The highest BCUT2D eigenvalue weighted by atomic mass is 32.2. The smallest absolute Gasteiger partial charge is 0.260 e. The highest BCUT2D eigenvalue weighted by Crippen LogP contribution is 2.43. The fraction of sp³-hybridized carbons (Fsp3) is 0.450. The van der Waals surface area contributed by atoms with E-state index in [1.54, 1.807) is 44.8 Å². The van der Waals surface area contributed by atoms with Gasteiger partial charge < -0.3 is 4.90 Å². The Labute approximate surface area is 181 Å². The van der Waals surface area contributed by atoms with E-state index in [4.69, 9.17) is 0 Å². The van der Waals surface area contributed by atoms with Gasteiger partial charge >= 0.3 is 0 Å². The molecule has 1 aromatic carbocycles. The maximum absolute atomic E-state index is 13.3. The highest BCUT2D eigenvalue weighted by Gasteiger charge is 2.37. The quantitative estimate of drug-likeness (QED) is 0.711. The first kappa shape index (κ1) is 22.4. The Balaban J connectivity index is 2.05. The van der Waals surface area contributed by atoms with Crippen LogP contribution >= 0.6 is 11.8 Å². The molecular weight excluding hydrogens is 424 g/mol. The van der Waals surface area contributed by atoms with Gasteiger partial charge in [0, 0.05) is 23.1 Å². The summed E-state index contributed by atoms with van der Waals surface area (Å²) in [7, 11) is -2.25. The molecule has 162 valence electrons. The van der Waals surface area contributed by atoms with Crippen molar-refractivity contribution in [1.29, 1.82) is 0 Å². The molecule has 0 aliphatic carbocycles. The third-order valence-corrected chi connectivity index (χ3v) is 7.26. The first-order chi connectivity index (χ1) is 13.8. The number of thioether (sulfide) groups is 1. The van der Waals surface area contributed by atoms with E-state index in [1.165, 1.54) is 9.58 Å². The van der Waals surface area contributed by atoms with Crippen LogP contribution in [0.15, 0.2) is 29.2 Å². The number of aryl methyl sites for hydroxylation is 2. The van der Waals surface area contributed by atoms with Gasteiger partial charge in [-0.15, -0.1) is 11.8 Å². The maximum Gasteiger partial charge on any atom is 0.260 e. The molecular formula is C20H26N4O4S2. The Kier molecular flexibility index (Phi) is 5.76. The van der Waals surface area contributed by atoms with E-state index < -0.39 is 15.9 Å². The zero-order chi connectivity index (χ0) is 22.4. The largest absolute Gasteiger partial charge is 0.302 e. The Morgan fingerprint density at radius 2 is 1.90 bits per heavy atom. The molecule has 0 radical (unpaired) electrons. The van der Waals surface area contributed by atoms with Crippen molar-refractivity contribution in [2.75, 3.05) is 22.0 Å². The van der Waals surface area contributed by atoms with Crippen LogP contribution in [0.3, 0.4) is 0 Å². The molecule has 8 nitrogen and oxygen atoms in total. The average molecular weight is 451 g/mol. The second-order valence-corrected chi connectivity index (χ2v) is 11.6. The molecule has 0 spiro atoms. The molecule has 0 N–H and O–H groups in total. The van der Waals surface area contributed by atoms with Crippen molar-refractivity contribution in [2.24, 2.45) is 7.05 Å². The SMILES string of the molecule is Cc1nn(C)c(C)c1N(C(=O)CN1C(=O)CC(C)(C)Sc2ccccc21)S(C)(=O)=O. The third kappa shape index (κ3) is 4.24. The summed E-state index contributed by atoms with van der Waals surface area (Å²) in [6, 6.07) is 7.36. The molecule has 1 aromatic heterocycles. The van der Waals surface area contributed by atoms with Crippen LogP contribution in [-0.2, 0) is 26.7 Å². The zero-order valence-corrected chi connectivity index (χ0v) is 19.6. The number of carbonyl (C=O) groups excluding carboxylic acids is 2. The lowest BCUT2D eigenvalue weighted by molar-refractivity contribution is -0.122. The average Bonchev–Trinajstić information content (AvgIpc) is 2.79.